The van der Waals surface area contributed by atoms with Crippen molar-refractivity contribution in [2.75, 3.05) is 0 Å². The summed E-state index contributed by atoms with van der Waals surface area (Å²) in [5, 5.41) is 0.109. The molecular formula is C15H13ClFN3. The largest absolute Gasteiger partial charge is 0.327 e. The summed E-state index contributed by atoms with van der Waals surface area (Å²) in [4.78, 5) is 4.54. The maximum absolute atomic E-state index is 13.6. The van der Waals surface area contributed by atoms with Crippen LogP contribution < -0.4 is 5.73 Å². The van der Waals surface area contributed by atoms with Gasteiger partial charge in [-0.3, -0.25) is 0 Å². The summed E-state index contributed by atoms with van der Waals surface area (Å²) in [5.74, 6) is 0.253. The number of imidazole rings is 1. The monoisotopic (exact) mass is 289 g/mol. The molecule has 3 aromatic rings. The van der Waals surface area contributed by atoms with Crippen LogP contribution in [0.5, 0.6) is 0 Å². The van der Waals surface area contributed by atoms with Crippen LogP contribution in [0.3, 0.4) is 0 Å². The molecule has 0 unspecified atom stereocenters. The molecule has 0 radical (unpaired) electrons. The van der Waals surface area contributed by atoms with Crippen molar-refractivity contribution in [3.05, 3.63) is 52.8 Å². The highest BCUT2D eigenvalue weighted by Crippen LogP contribution is 2.27. The van der Waals surface area contributed by atoms with Crippen LogP contribution in [0.4, 0.5) is 4.39 Å². The van der Waals surface area contributed by atoms with Crippen LogP contribution >= 0.6 is 11.6 Å². The first-order valence-electron chi connectivity index (χ1n) is 6.21. The van der Waals surface area contributed by atoms with E-state index in [1.54, 1.807) is 6.07 Å². The topological polar surface area (TPSA) is 43.8 Å². The standard InChI is InChI=1S/C15H13ClFN3/c1-20-14-6-9(8-18)2-5-13(14)19-15(20)10-3-4-11(16)12(17)7-10/h2-7H,8,18H2,1H3. The number of hydrogen-bond donors (Lipinski definition) is 1. The van der Waals surface area contributed by atoms with E-state index in [1.807, 2.05) is 29.8 Å². The lowest BCUT2D eigenvalue weighted by Gasteiger charge is -2.04. The minimum atomic E-state index is -0.445. The summed E-state index contributed by atoms with van der Waals surface area (Å²) in [6, 6.07) is 10.6. The molecule has 0 aliphatic rings. The molecule has 0 aliphatic carbocycles. The highest BCUT2D eigenvalue weighted by molar-refractivity contribution is 6.30. The summed E-state index contributed by atoms with van der Waals surface area (Å²) in [7, 11) is 1.90. The molecule has 0 saturated carbocycles. The van der Waals surface area contributed by atoms with Gasteiger partial charge < -0.3 is 10.3 Å². The SMILES string of the molecule is Cn1c(-c2ccc(Cl)c(F)c2)nc2ccc(CN)cc21. The van der Waals surface area contributed by atoms with E-state index in [2.05, 4.69) is 4.98 Å². The summed E-state index contributed by atoms with van der Waals surface area (Å²) in [6.07, 6.45) is 0. The maximum Gasteiger partial charge on any atom is 0.142 e. The molecule has 0 amide bonds. The van der Waals surface area contributed by atoms with Gasteiger partial charge in [0, 0.05) is 19.2 Å². The number of aryl methyl sites for hydroxylation is 1. The predicted octanol–water partition coefficient (Wildman–Crippen LogP) is 3.49. The van der Waals surface area contributed by atoms with E-state index in [4.69, 9.17) is 17.3 Å². The molecule has 2 aromatic carbocycles. The van der Waals surface area contributed by atoms with Crippen molar-refractivity contribution in [3.63, 3.8) is 0 Å². The van der Waals surface area contributed by atoms with Gasteiger partial charge in [0.05, 0.1) is 16.1 Å². The first kappa shape index (κ1) is 13.1. The molecule has 0 fully saturated rings. The Morgan fingerprint density at radius 2 is 2.05 bits per heavy atom. The van der Waals surface area contributed by atoms with E-state index in [0.29, 0.717) is 17.9 Å². The third-order valence-corrected chi connectivity index (χ3v) is 3.67. The molecule has 1 aromatic heterocycles. The van der Waals surface area contributed by atoms with Crippen LogP contribution in [0.25, 0.3) is 22.4 Å². The first-order chi connectivity index (χ1) is 9.60. The van der Waals surface area contributed by atoms with Crippen molar-refractivity contribution in [2.24, 2.45) is 12.8 Å². The van der Waals surface area contributed by atoms with Crippen molar-refractivity contribution >= 4 is 22.6 Å². The number of fused-ring (bicyclic) bond motifs is 1. The molecule has 1 heterocycles. The number of hydrogen-bond acceptors (Lipinski definition) is 2. The van der Waals surface area contributed by atoms with E-state index in [1.165, 1.54) is 12.1 Å². The molecule has 5 heteroatoms. The Morgan fingerprint density at radius 3 is 2.75 bits per heavy atom. The van der Waals surface area contributed by atoms with E-state index < -0.39 is 5.82 Å². The van der Waals surface area contributed by atoms with Gasteiger partial charge in [-0.2, -0.15) is 0 Å². The molecule has 0 spiro atoms. The third kappa shape index (κ3) is 2.07. The lowest BCUT2D eigenvalue weighted by atomic mass is 10.2. The Balaban J connectivity index is 2.21. The Bertz CT molecular complexity index is 795. The van der Waals surface area contributed by atoms with Gasteiger partial charge >= 0.3 is 0 Å². The second-order valence-electron chi connectivity index (χ2n) is 4.65. The second-order valence-corrected chi connectivity index (χ2v) is 5.06. The molecule has 2 N–H and O–H groups in total. The van der Waals surface area contributed by atoms with E-state index in [-0.39, 0.29) is 5.02 Å². The normalized spacial score (nSPS) is 11.2. The Morgan fingerprint density at radius 1 is 1.25 bits per heavy atom. The molecule has 0 aliphatic heterocycles. The van der Waals surface area contributed by atoms with E-state index in [9.17, 15) is 4.39 Å². The molecule has 3 rings (SSSR count). The van der Waals surface area contributed by atoms with Gasteiger partial charge in [-0.15, -0.1) is 0 Å². The van der Waals surface area contributed by atoms with Crippen LogP contribution in [0, 0.1) is 5.82 Å². The highest BCUT2D eigenvalue weighted by atomic mass is 35.5. The molecule has 0 atom stereocenters. The van der Waals surface area contributed by atoms with Crippen LogP contribution in [0.2, 0.25) is 5.02 Å². The van der Waals surface area contributed by atoms with Crippen LogP contribution in [-0.4, -0.2) is 9.55 Å². The van der Waals surface area contributed by atoms with Crippen molar-refractivity contribution in [3.8, 4) is 11.4 Å². The van der Waals surface area contributed by atoms with Gasteiger partial charge in [0.2, 0.25) is 0 Å². The van der Waals surface area contributed by atoms with Crippen molar-refractivity contribution in [1.29, 1.82) is 0 Å². The van der Waals surface area contributed by atoms with Crippen LogP contribution in [-0.2, 0) is 13.6 Å². The summed E-state index contributed by atoms with van der Waals surface area (Å²) >= 11 is 5.71. The lowest BCUT2D eigenvalue weighted by molar-refractivity contribution is 0.628. The van der Waals surface area contributed by atoms with E-state index in [0.717, 1.165) is 16.6 Å². The van der Waals surface area contributed by atoms with Gasteiger partial charge in [-0.1, -0.05) is 17.7 Å². The third-order valence-electron chi connectivity index (χ3n) is 3.36. The average Bonchev–Trinajstić information content (AvgIpc) is 2.79. The molecule has 3 nitrogen and oxygen atoms in total. The number of nitrogens with zero attached hydrogens (tertiary/aromatic N) is 2. The van der Waals surface area contributed by atoms with Gasteiger partial charge in [-0.25, -0.2) is 9.37 Å². The lowest BCUT2D eigenvalue weighted by Crippen LogP contribution is -1.97. The zero-order valence-electron chi connectivity index (χ0n) is 10.9. The predicted molar refractivity (Wildman–Crippen MR) is 79.0 cm³/mol. The van der Waals surface area contributed by atoms with E-state index >= 15 is 0 Å². The zero-order chi connectivity index (χ0) is 14.3. The minimum absolute atomic E-state index is 0.109. The van der Waals surface area contributed by atoms with Gasteiger partial charge in [0.15, 0.2) is 0 Å². The average molecular weight is 290 g/mol. The van der Waals surface area contributed by atoms with Gasteiger partial charge in [0.1, 0.15) is 11.6 Å². The molecule has 0 bridgehead atoms. The summed E-state index contributed by atoms with van der Waals surface area (Å²) in [5.41, 5.74) is 9.21. The number of halogens is 2. The van der Waals surface area contributed by atoms with Crippen LogP contribution in [0.15, 0.2) is 36.4 Å². The molecular weight excluding hydrogens is 277 g/mol. The fraction of sp³-hybridized carbons (Fsp3) is 0.133. The van der Waals surface area contributed by atoms with Crippen molar-refractivity contribution in [2.45, 2.75) is 6.54 Å². The highest BCUT2D eigenvalue weighted by Gasteiger charge is 2.12. The molecule has 20 heavy (non-hydrogen) atoms. The summed E-state index contributed by atoms with van der Waals surface area (Å²) in [6.45, 7) is 0.478. The molecule has 102 valence electrons. The Hall–Kier alpha value is -1.91. The van der Waals surface area contributed by atoms with Crippen LogP contribution in [0.1, 0.15) is 5.56 Å². The number of aromatic nitrogens is 2. The van der Waals surface area contributed by atoms with Gasteiger partial charge in [-0.05, 0) is 35.9 Å². The minimum Gasteiger partial charge on any atom is -0.327 e. The fourth-order valence-corrected chi connectivity index (χ4v) is 2.37. The fourth-order valence-electron chi connectivity index (χ4n) is 2.26. The maximum atomic E-state index is 13.6. The quantitative estimate of drug-likeness (QED) is 0.785. The first-order valence-corrected chi connectivity index (χ1v) is 6.59. The number of nitrogens with two attached hydrogens (primary N) is 1. The number of benzene rings is 2. The number of rotatable bonds is 2. The smallest absolute Gasteiger partial charge is 0.142 e. The van der Waals surface area contributed by atoms with Gasteiger partial charge in [0.25, 0.3) is 0 Å². The zero-order valence-corrected chi connectivity index (χ0v) is 11.7. The molecule has 0 saturated heterocycles. The second kappa shape index (κ2) is 4.89. The summed E-state index contributed by atoms with van der Waals surface area (Å²) < 4.78 is 15.5. The van der Waals surface area contributed by atoms with Crippen molar-refractivity contribution in [1.82, 2.24) is 9.55 Å². The van der Waals surface area contributed by atoms with Crippen molar-refractivity contribution < 1.29 is 4.39 Å². The Kier molecular flexibility index (Phi) is 3.20. The Labute approximate surface area is 120 Å².